The molecule has 1 amide bonds. The van der Waals surface area contributed by atoms with Gasteiger partial charge in [-0.3, -0.25) is 9.78 Å². The number of fused-ring (bicyclic) bond motifs is 1. The molecule has 6 rings (SSSR count). The van der Waals surface area contributed by atoms with E-state index in [-0.39, 0.29) is 22.8 Å². The average molecular weight is 578 g/mol. The molecule has 0 bridgehead atoms. The molecular weight excluding hydrogens is 550 g/mol. The molecule has 4 aromatic rings. The van der Waals surface area contributed by atoms with Gasteiger partial charge in [-0.25, -0.2) is 26.8 Å². The Morgan fingerprint density at radius 2 is 1.82 bits per heavy atom. The molecule has 2 aliphatic heterocycles. The van der Waals surface area contributed by atoms with Crippen LogP contribution in [0.4, 0.5) is 5.82 Å². The molecule has 0 atom stereocenters. The minimum absolute atomic E-state index is 0.125. The van der Waals surface area contributed by atoms with Crippen LogP contribution < -0.4 is 10.2 Å². The average Bonchev–Trinajstić information content (AvgIpc) is 2.90. The van der Waals surface area contributed by atoms with Gasteiger partial charge in [-0.2, -0.15) is 0 Å². The lowest BCUT2D eigenvalue weighted by Crippen LogP contribution is -2.72. The highest BCUT2D eigenvalue weighted by Gasteiger charge is 2.59. The quantitative estimate of drug-likeness (QED) is 0.366. The van der Waals surface area contributed by atoms with Crippen LogP contribution in [0.3, 0.4) is 0 Å². The number of amides is 1. The first-order valence-electron chi connectivity index (χ1n) is 12.7. The van der Waals surface area contributed by atoms with Crippen LogP contribution in [-0.4, -0.2) is 67.5 Å². The highest BCUT2D eigenvalue weighted by Crippen LogP contribution is 2.43. The van der Waals surface area contributed by atoms with E-state index < -0.39 is 30.3 Å². The second-order valence-corrected chi connectivity index (χ2v) is 15.0. The van der Waals surface area contributed by atoms with Crippen molar-refractivity contribution in [1.82, 2.24) is 20.3 Å². The Morgan fingerprint density at radius 3 is 2.52 bits per heavy atom. The number of aromatic nitrogens is 3. The minimum Gasteiger partial charge on any atom is -0.353 e. The van der Waals surface area contributed by atoms with Gasteiger partial charge in [-0.15, -0.1) is 0 Å². The molecular formula is C28H27N5O5S2. The highest BCUT2D eigenvalue weighted by molar-refractivity contribution is 7.94. The Kier molecular flexibility index (Phi) is 6.15. The molecule has 0 saturated carbocycles. The van der Waals surface area contributed by atoms with Crippen LogP contribution in [0, 0.1) is 6.92 Å². The summed E-state index contributed by atoms with van der Waals surface area (Å²) in [6.07, 6.45) is 3.51. The number of benzene rings is 1. The Morgan fingerprint density at radius 1 is 1.05 bits per heavy atom. The van der Waals surface area contributed by atoms with Crippen LogP contribution in [0.2, 0.25) is 0 Å². The fraction of sp³-hybridized carbons (Fsp3) is 0.286. The van der Waals surface area contributed by atoms with Gasteiger partial charge in [0, 0.05) is 36.5 Å². The van der Waals surface area contributed by atoms with Gasteiger partial charge in [0.1, 0.15) is 10.6 Å². The number of nitrogens with one attached hydrogen (secondary N) is 1. The van der Waals surface area contributed by atoms with Gasteiger partial charge in [0.05, 0.1) is 39.8 Å². The number of nitrogens with zero attached hydrogens (tertiary/aromatic N) is 4. The first kappa shape index (κ1) is 26.3. The number of hydrogen-bond acceptors (Lipinski definition) is 9. The van der Waals surface area contributed by atoms with E-state index in [1.807, 2.05) is 35.2 Å². The van der Waals surface area contributed by atoms with Crippen molar-refractivity contribution in [3.8, 4) is 11.4 Å². The van der Waals surface area contributed by atoms with E-state index in [0.29, 0.717) is 47.7 Å². The van der Waals surface area contributed by atoms with Crippen LogP contribution in [0.15, 0.2) is 65.7 Å². The lowest BCUT2D eigenvalue weighted by atomic mass is 9.94. The van der Waals surface area contributed by atoms with Crippen LogP contribution in [0.1, 0.15) is 28.0 Å². The molecule has 3 aromatic heterocycles. The molecule has 10 nitrogen and oxygen atoms in total. The Bertz CT molecular complexity index is 1900. The molecule has 0 aliphatic carbocycles. The first-order chi connectivity index (χ1) is 18.9. The largest absolute Gasteiger partial charge is 0.353 e. The lowest BCUT2D eigenvalue weighted by Gasteiger charge is -2.54. The van der Waals surface area contributed by atoms with Gasteiger partial charge >= 0.3 is 0 Å². The van der Waals surface area contributed by atoms with Crippen molar-refractivity contribution in [2.45, 2.75) is 29.5 Å². The summed E-state index contributed by atoms with van der Waals surface area (Å²) in [5.41, 5.74) is 3.44. The Balaban J connectivity index is 1.18. The normalized spacial score (nSPS) is 17.3. The molecule has 206 valence electrons. The third kappa shape index (κ3) is 4.60. The fourth-order valence-corrected chi connectivity index (χ4v) is 7.99. The summed E-state index contributed by atoms with van der Waals surface area (Å²) in [4.78, 5) is 28.8. The molecule has 5 heterocycles. The maximum atomic E-state index is 12.7. The molecule has 1 spiro atoms. The van der Waals surface area contributed by atoms with E-state index in [1.54, 1.807) is 31.3 Å². The number of aryl methyl sites for hydroxylation is 1. The smallest absolute Gasteiger partial charge is 0.251 e. The molecule has 2 saturated heterocycles. The minimum atomic E-state index is -3.45. The topological polar surface area (TPSA) is 139 Å². The van der Waals surface area contributed by atoms with Gasteiger partial charge in [0.2, 0.25) is 0 Å². The molecule has 1 aromatic carbocycles. The number of carbonyl (C=O) groups excluding carboxylic acids is 1. The van der Waals surface area contributed by atoms with Crippen molar-refractivity contribution in [1.29, 1.82) is 0 Å². The van der Waals surface area contributed by atoms with E-state index in [4.69, 9.17) is 9.97 Å². The number of pyridine rings is 3. The summed E-state index contributed by atoms with van der Waals surface area (Å²) in [7, 11) is -6.45. The first-order valence-corrected chi connectivity index (χ1v) is 16.3. The van der Waals surface area contributed by atoms with Crippen LogP contribution in [0.5, 0.6) is 0 Å². The number of sulfone groups is 2. The molecule has 0 unspecified atom stereocenters. The molecule has 2 fully saturated rings. The second kappa shape index (κ2) is 9.34. The molecule has 12 heteroatoms. The second-order valence-electron chi connectivity index (χ2n) is 10.5. The van der Waals surface area contributed by atoms with E-state index in [2.05, 4.69) is 10.3 Å². The zero-order chi connectivity index (χ0) is 28.3. The van der Waals surface area contributed by atoms with Gasteiger partial charge < -0.3 is 10.2 Å². The SMILES string of the molecule is Cc1ccc(C(=O)NCc2cc3nc(-c4cccc(N5CC6(CCS6(=O)=O)C5)n4)ccc3cn2)cc1S(C)(=O)=O. The lowest BCUT2D eigenvalue weighted by molar-refractivity contribution is 0.0950. The maximum absolute atomic E-state index is 12.7. The van der Waals surface area contributed by atoms with Gasteiger partial charge in [0.15, 0.2) is 19.7 Å². The van der Waals surface area contributed by atoms with Crippen LogP contribution >= 0.6 is 0 Å². The third-order valence-electron chi connectivity index (χ3n) is 7.68. The molecule has 40 heavy (non-hydrogen) atoms. The van der Waals surface area contributed by atoms with E-state index in [0.717, 1.165) is 17.5 Å². The number of rotatable bonds is 6. The summed E-state index contributed by atoms with van der Waals surface area (Å²) in [6, 6.07) is 15.8. The van der Waals surface area contributed by atoms with Crippen molar-refractivity contribution >= 4 is 42.3 Å². The predicted octanol–water partition coefficient (Wildman–Crippen LogP) is 2.71. The van der Waals surface area contributed by atoms with Crippen molar-refractivity contribution in [2.24, 2.45) is 0 Å². The summed E-state index contributed by atoms with van der Waals surface area (Å²) in [5.74, 6) is 0.587. The maximum Gasteiger partial charge on any atom is 0.251 e. The zero-order valence-electron chi connectivity index (χ0n) is 22.0. The number of anilines is 1. The standard InChI is InChI=1S/C28H27N5O5S2/c1-18-6-7-19(12-25(18)39(2,35)36)27(34)30-15-21-13-24-20(14-29-21)8-9-23(31-24)22-4-3-5-26(32-22)33-16-28(17-33)10-11-40(28,37)38/h3-9,12-14H,10-11,15-17H2,1-2H3,(H,30,34). The Labute approximate surface area is 232 Å². The van der Waals surface area contributed by atoms with E-state index in [9.17, 15) is 21.6 Å². The monoisotopic (exact) mass is 577 g/mol. The van der Waals surface area contributed by atoms with Crippen molar-refractivity contribution in [3.63, 3.8) is 0 Å². The number of hydrogen-bond donors (Lipinski definition) is 1. The molecule has 2 aliphatic rings. The van der Waals surface area contributed by atoms with Crippen molar-refractivity contribution in [2.75, 3.05) is 30.0 Å². The van der Waals surface area contributed by atoms with Gasteiger partial charge in [-0.1, -0.05) is 12.1 Å². The summed E-state index contributed by atoms with van der Waals surface area (Å²) in [6.45, 7) is 2.76. The Hall–Kier alpha value is -3.90. The summed E-state index contributed by atoms with van der Waals surface area (Å²) in [5, 5.41) is 3.62. The molecule has 1 N–H and O–H groups in total. The summed E-state index contributed by atoms with van der Waals surface area (Å²) < 4.78 is 47.7. The van der Waals surface area contributed by atoms with Gasteiger partial charge in [-0.05, 0) is 61.4 Å². The summed E-state index contributed by atoms with van der Waals surface area (Å²) >= 11 is 0. The third-order valence-corrected chi connectivity index (χ3v) is 11.4. The zero-order valence-corrected chi connectivity index (χ0v) is 23.6. The molecule has 0 radical (unpaired) electrons. The van der Waals surface area contributed by atoms with Crippen LogP contribution in [-0.2, 0) is 26.2 Å². The van der Waals surface area contributed by atoms with Gasteiger partial charge in [0.25, 0.3) is 5.91 Å². The van der Waals surface area contributed by atoms with E-state index in [1.165, 1.54) is 6.07 Å². The predicted molar refractivity (Wildman–Crippen MR) is 152 cm³/mol. The van der Waals surface area contributed by atoms with E-state index >= 15 is 0 Å². The highest BCUT2D eigenvalue weighted by atomic mass is 32.2. The van der Waals surface area contributed by atoms with Crippen molar-refractivity contribution < 1.29 is 21.6 Å². The number of carbonyl (C=O) groups is 1. The van der Waals surface area contributed by atoms with Crippen LogP contribution in [0.25, 0.3) is 22.3 Å². The fourth-order valence-electron chi connectivity index (χ4n) is 5.18. The van der Waals surface area contributed by atoms with Crippen molar-refractivity contribution in [3.05, 3.63) is 77.6 Å².